The molecule has 2 rings (SSSR count). The molecule has 0 aliphatic heterocycles. The maximum absolute atomic E-state index is 5.18. The molecule has 0 radical (unpaired) electrons. The molecule has 0 aromatic heterocycles. The summed E-state index contributed by atoms with van der Waals surface area (Å²) in [6.07, 6.45) is 0.134. The van der Waals surface area contributed by atoms with Crippen LogP contribution in [0.15, 0.2) is 48.5 Å². The zero-order chi connectivity index (χ0) is 17.8. The molecule has 0 spiro atoms. The van der Waals surface area contributed by atoms with Gasteiger partial charge in [-0.05, 0) is 57.4 Å². The van der Waals surface area contributed by atoms with Crippen molar-refractivity contribution in [1.82, 2.24) is 5.32 Å². The Morgan fingerprint density at radius 3 is 1.43 bits per heavy atom. The van der Waals surface area contributed by atoms with E-state index in [0.29, 0.717) is 5.92 Å². The third-order valence-corrected chi connectivity index (χ3v) is 3.62. The van der Waals surface area contributed by atoms with E-state index in [9.17, 15) is 0 Å². The van der Waals surface area contributed by atoms with Gasteiger partial charge in [-0.15, -0.1) is 0 Å². The smallest absolute Gasteiger partial charge is 0.0514 e. The van der Waals surface area contributed by atoms with Crippen LogP contribution in [0, 0.1) is 20.8 Å². The van der Waals surface area contributed by atoms with Crippen molar-refractivity contribution in [1.29, 1.82) is 0 Å². The van der Waals surface area contributed by atoms with Crippen LogP contribution in [0.4, 0.5) is 0 Å². The Balaban J connectivity index is 0.000000335. The maximum Gasteiger partial charge on any atom is 0.0514 e. The average Bonchev–Trinajstić information content (AvgIpc) is 2.52. The van der Waals surface area contributed by atoms with Crippen LogP contribution in [-0.2, 0) is 0 Å². The highest BCUT2D eigenvalue weighted by atomic mass is 15.0. The van der Waals surface area contributed by atoms with Gasteiger partial charge < -0.3 is 11.1 Å². The van der Waals surface area contributed by atoms with Gasteiger partial charge in [0.15, 0.2) is 0 Å². The average molecular weight is 315 g/mol. The Morgan fingerprint density at radius 2 is 1.17 bits per heavy atom. The first-order chi connectivity index (χ1) is 10.8. The van der Waals surface area contributed by atoms with Gasteiger partial charge in [0.2, 0.25) is 0 Å². The zero-order valence-corrected chi connectivity index (χ0v) is 15.9. The summed E-state index contributed by atoms with van der Waals surface area (Å²) in [6.45, 7) is 12.7. The SMILES string of the molecule is CNC(C)N.Cc1ccc(C(C)C)cc1.Cc1ccccc1C. The summed E-state index contributed by atoms with van der Waals surface area (Å²) in [5, 5.41) is 2.81. The van der Waals surface area contributed by atoms with Crippen LogP contribution in [-0.4, -0.2) is 13.2 Å². The van der Waals surface area contributed by atoms with Gasteiger partial charge in [-0.25, -0.2) is 0 Å². The lowest BCUT2D eigenvalue weighted by atomic mass is 10.0. The molecule has 0 saturated heterocycles. The zero-order valence-electron chi connectivity index (χ0n) is 15.9. The lowest BCUT2D eigenvalue weighted by Crippen LogP contribution is -2.30. The minimum absolute atomic E-state index is 0.134. The number of nitrogens with two attached hydrogens (primary N) is 1. The second kappa shape index (κ2) is 11.9. The molecule has 1 unspecified atom stereocenters. The summed E-state index contributed by atoms with van der Waals surface area (Å²) in [5.74, 6) is 0.653. The van der Waals surface area contributed by atoms with E-state index in [-0.39, 0.29) is 6.17 Å². The molecule has 23 heavy (non-hydrogen) atoms. The van der Waals surface area contributed by atoms with Crippen LogP contribution in [0.1, 0.15) is 48.9 Å². The summed E-state index contributed by atoms with van der Waals surface area (Å²) in [6, 6.07) is 17.1. The van der Waals surface area contributed by atoms with E-state index in [4.69, 9.17) is 5.73 Å². The standard InChI is InChI=1S/C10H14.C8H10.C3H10N2/c1-8(2)10-6-4-9(3)5-7-10;1-7-5-3-4-6-8(7)2;1-3(4)5-2/h4-8H,1-3H3;3-6H,1-2H3;3,5H,4H2,1-2H3. The number of hydrogen-bond donors (Lipinski definition) is 2. The second-order valence-corrected chi connectivity index (χ2v) is 6.23. The molecule has 128 valence electrons. The van der Waals surface area contributed by atoms with Gasteiger partial charge in [0.25, 0.3) is 0 Å². The van der Waals surface area contributed by atoms with Crippen LogP contribution in [0.3, 0.4) is 0 Å². The predicted octanol–water partition coefficient (Wildman–Crippen LogP) is 4.93. The normalized spacial score (nSPS) is 11.0. The Hall–Kier alpha value is -1.64. The van der Waals surface area contributed by atoms with Gasteiger partial charge in [-0.2, -0.15) is 0 Å². The Morgan fingerprint density at radius 1 is 0.783 bits per heavy atom. The van der Waals surface area contributed by atoms with Crippen molar-refractivity contribution in [3.05, 3.63) is 70.8 Å². The van der Waals surface area contributed by atoms with Crippen LogP contribution in [0.2, 0.25) is 0 Å². The monoisotopic (exact) mass is 314 g/mol. The molecule has 3 N–H and O–H groups in total. The van der Waals surface area contributed by atoms with Gasteiger partial charge in [0.1, 0.15) is 0 Å². The number of nitrogens with one attached hydrogen (secondary N) is 1. The molecule has 2 aromatic rings. The molecule has 0 aliphatic rings. The van der Waals surface area contributed by atoms with Gasteiger partial charge in [0.05, 0.1) is 6.17 Å². The maximum atomic E-state index is 5.18. The topological polar surface area (TPSA) is 38.0 Å². The first kappa shape index (κ1) is 21.4. The van der Waals surface area contributed by atoms with Crippen molar-refractivity contribution >= 4 is 0 Å². The highest BCUT2D eigenvalue weighted by molar-refractivity contribution is 5.24. The summed E-state index contributed by atoms with van der Waals surface area (Å²) in [4.78, 5) is 0. The van der Waals surface area contributed by atoms with Crippen LogP contribution in [0.25, 0.3) is 0 Å². The van der Waals surface area contributed by atoms with Crippen LogP contribution >= 0.6 is 0 Å². The molecule has 0 aliphatic carbocycles. The van der Waals surface area contributed by atoms with Gasteiger partial charge >= 0.3 is 0 Å². The number of rotatable bonds is 2. The fourth-order valence-corrected chi connectivity index (χ4v) is 1.61. The molecule has 0 bridgehead atoms. The van der Waals surface area contributed by atoms with Crippen molar-refractivity contribution < 1.29 is 0 Å². The highest BCUT2D eigenvalue weighted by Crippen LogP contribution is 2.13. The predicted molar refractivity (Wildman–Crippen MR) is 104 cm³/mol. The Kier molecular flexibility index (Phi) is 11.0. The molecule has 0 heterocycles. The third kappa shape index (κ3) is 10.7. The third-order valence-electron chi connectivity index (χ3n) is 3.62. The van der Waals surface area contributed by atoms with E-state index in [1.54, 1.807) is 0 Å². The quantitative estimate of drug-likeness (QED) is 0.771. The molecule has 2 nitrogen and oxygen atoms in total. The first-order valence-electron chi connectivity index (χ1n) is 8.29. The lowest BCUT2D eigenvalue weighted by molar-refractivity contribution is 0.639. The minimum Gasteiger partial charge on any atom is -0.316 e. The summed E-state index contributed by atoms with van der Waals surface area (Å²) in [5.41, 5.74) is 10.7. The molecule has 0 saturated carbocycles. The van der Waals surface area contributed by atoms with Gasteiger partial charge in [-0.1, -0.05) is 67.9 Å². The Bertz CT molecular complexity index is 507. The van der Waals surface area contributed by atoms with Crippen molar-refractivity contribution in [2.75, 3.05) is 7.05 Å². The first-order valence-corrected chi connectivity index (χ1v) is 8.29. The number of benzene rings is 2. The minimum atomic E-state index is 0.134. The Labute approximate surface area is 143 Å². The van der Waals surface area contributed by atoms with E-state index >= 15 is 0 Å². The van der Waals surface area contributed by atoms with E-state index in [1.165, 1.54) is 22.3 Å². The van der Waals surface area contributed by atoms with Crippen LogP contribution < -0.4 is 11.1 Å². The molecule has 0 amide bonds. The molecule has 0 fully saturated rings. The summed E-state index contributed by atoms with van der Waals surface area (Å²) >= 11 is 0. The number of aryl methyl sites for hydroxylation is 3. The second-order valence-electron chi connectivity index (χ2n) is 6.23. The van der Waals surface area contributed by atoms with E-state index in [1.807, 2.05) is 14.0 Å². The fourth-order valence-electron chi connectivity index (χ4n) is 1.61. The van der Waals surface area contributed by atoms with Crippen molar-refractivity contribution in [2.45, 2.75) is 53.6 Å². The van der Waals surface area contributed by atoms with Gasteiger partial charge in [0, 0.05) is 0 Å². The largest absolute Gasteiger partial charge is 0.316 e. The molecule has 1 atom stereocenters. The van der Waals surface area contributed by atoms with Crippen LogP contribution in [0.5, 0.6) is 0 Å². The van der Waals surface area contributed by atoms with E-state index in [0.717, 1.165) is 0 Å². The fraction of sp³-hybridized carbons (Fsp3) is 0.429. The molecular formula is C21H34N2. The molecule has 2 aromatic carbocycles. The van der Waals surface area contributed by atoms with Gasteiger partial charge in [-0.3, -0.25) is 0 Å². The molecule has 2 heteroatoms. The summed E-state index contributed by atoms with van der Waals surface area (Å²) in [7, 11) is 1.82. The molecular weight excluding hydrogens is 280 g/mol. The van der Waals surface area contributed by atoms with Crippen molar-refractivity contribution in [2.24, 2.45) is 5.73 Å². The van der Waals surface area contributed by atoms with E-state index in [2.05, 4.69) is 88.5 Å². The highest BCUT2D eigenvalue weighted by Gasteiger charge is 1.95. The lowest BCUT2D eigenvalue weighted by Gasteiger charge is -2.03. The van der Waals surface area contributed by atoms with E-state index < -0.39 is 0 Å². The summed E-state index contributed by atoms with van der Waals surface area (Å²) < 4.78 is 0. The number of hydrogen-bond acceptors (Lipinski definition) is 2. The van der Waals surface area contributed by atoms with Crippen molar-refractivity contribution in [3.8, 4) is 0 Å². The van der Waals surface area contributed by atoms with Crippen molar-refractivity contribution in [3.63, 3.8) is 0 Å².